The van der Waals surface area contributed by atoms with Crippen LogP contribution in [0.25, 0.3) is 0 Å². The number of halogens is 1. The molecule has 2 rings (SSSR count). The summed E-state index contributed by atoms with van der Waals surface area (Å²) in [5, 5.41) is 3.03. The van der Waals surface area contributed by atoms with Gasteiger partial charge in [0.2, 0.25) is 10.0 Å². The lowest BCUT2D eigenvalue weighted by atomic mass is 9.95. The normalized spacial score (nSPS) is 16.7. The first-order valence-corrected chi connectivity index (χ1v) is 10.3. The molecule has 1 aliphatic rings. The SMILES string of the molecule is CCN(CC)S(=O)(=O)c1ccc(C)c(C(=O)NC(C)(CN)C2CC2)c1.Cl. The molecular weight excluding hydrogens is 374 g/mol. The van der Waals surface area contributed by atoms with Crippen LogP contribution in [0.5, 0.6) is 0 Å². The van der Waals surface area contributed by atoms with Crippen molar-refractivity contribution < 1.29 is 13.2 Å². The van der Waals surface area contributed by atoms with Crippen LogP contribution in [0.15, 0.2) is 23.1 Å². The topological polar surface area (TPSA) is 92.5 Å². The second kappa shape index (κ2) is 8.69. The molecule has 6 nitrogen and oxygen atoms in total. The third-order valence-electron chi connectivity index (χ3n) is 5.10. The molecule has 1 aromatic rings. The van der Waals surface area contributed by atoms with Crippen molar-refractivity contribution >= 4 is 28.3 Å². The minimum atomic E-state index is -3.60. The smallest absolute Gasteiger partial charge is 0.252 e. The standard InChI is InChI=1S/C18H29N3O3S.ClH/c1-5-21(6-2)25(23,24)15-10-7-13(3)16(11-15)17(22)20-18(4,12-19)14-8-9-14;/h7,10-11,14H,5-6,8-9,12,19H2,1-4H3,(H,20,22);1H. The molecule has 0 spiro atoms. The number of carbonyl (C=O) groups excluding carboxylic acids is 1. The van der Waals surface area contributed by atoms with E-state index in [4.69, 9.17) is 5.73 Å². The van der Waals surface area contributed by atoms with E-state index in [1.165, 1.54) is 10.4 Å². The maximum absolute atomic E-state index is 12.8. The third-order valence-corrected chi connectivity index (χ3v) is 7.14. The number of nitrogens with two attached hydrogens (primary N) is 1. The Kier molecular flexibility index (Phi) is 7.65. The van der Waals surface area contributed by atoms with Crippen molar-refractivity contribution in [1.82, 2.24) is 9.62 Å². The third kappa shape index (κ3) is 4.57. The summed E-state index contributed by atoms with van der Waals surface area (Å²) in [5.74, 6) is 0.123. The van der Waals surface area contributed by atoms with Crippen LogP contribution < -0.4 is 11.1 Å². The lowest BCUT2D eigenvalue weighted by molar-refractivity contribution is 0.0897. The highest BCUT2D eigenvalue weighted by Gasteiger charge is 2.41. The second-order valence-electron chi connectivity index (χ2n) is 6.92. The number of hydrogen-bond donors (Lipinski definition) is 2. The van der Waals surface area contributed by atoms with Crippen LogP contribution >= 0.6 is 12.4 Å². The zero-order chi connectivity index (χ0) is 18.8. The zero-order valence-corrected chi connectivity index (χ0v) is 17.5. The fourth-order valence-corrected chi connectivity index (χ4v) is 4.57. The largest absolute Gasteiger partial charge is 0.345 e. The van der Waals surface area contributed by atoms with Gasteiger partial charge in [0.1, 0.15) is 0 Å². The Morgan fingerprint density at radius 2 is 1.88 bits per heavy atom. The Balaban J connectivity index is 0.00000338. The first-order chi connectivity index (χ1) is 11.7. The highest BCUT2D eigenvalue weighted by atomic mass is 35.5. The number of amides is 1. The molecule has 1 unspecified atom stereocenters. The molecule has 0 bridgehead atoms. The van der Waals surface area contributed by atoms with Gasteiger partial charge in [0.05, 0.1) is 10.4 Å². The van der Waals surface area contributed by atoms with E-state index in [1.54, 1.807) is 32.9 Å². The molecule has 8 heteroatoms. The lowest BCUT2D eigenvalue weighted by Gasteiger charge is -2.30. The fourth-order valence-electron chi connectivity index (χ4n) is 3.09. The Labute approximate surface area is 163 Å². The van der Waals surface area contributed by atoms with Crippen molar-refractivity contribution in [1.29, 1.82) is 0 Å². The van der Waals surface area contributed by atoms with Gasteiger partial charge in [0, 0.05) is 25.2 Å². The minimum absolute atomic E-state index is 0. The summed E-state index contributed by atoms with van der Waals surface area (Å²) in [6, 6.07) is 4.72. The van der Waals surface area contributed by atoms with E-state index in [9.17, 15) is 13.2 Å². The molecule has 3 N–H and O–H groups in total. The van der Waals surface area contributed by atoms with Crippen LogP contribution in [0.2, 0.25) is 0 Å². The summed E-state index contributed by atoms with van der Waals surface area (Å²) >= 11 is 0. The van der Waals surface area contributed by atoms with Crippen LogP contribution in [0.1, 0.15) is 49.5 Å². The predicted octanol–water partition coefficient (Wildman–Crippen LogP) is 2.30. The first kappa shape index (κ1) is 22.9. The van der Waals surface area contributed by atoms with E-state index >= 15 is 0 Å². The molecule has 1 saturated carbocycles. The predicted molar refractivity (Wildman–Crippen MR) is 106 cm³/mol. The van der Waals surface area contributed by atoms with Gasteiger partial charge in [-0.2, -0.15) is 4.31 Å². The average molecular weight is 404 g/mol. The number of sulfonamides is 1. The molecule has 1 aliphatic carbocycles. The molecule has 1 amide bonds. The van der Waals surface area contributed by atoms with Crippen molar-refractivity contribution in [2.45, 2.75) is 51.0 Å². The first-order valence-electron chi connectivity index (χ1n) is 8.83. The van der Waals surface area contributed by atoms with Crippen molar-refractivity contribution in [3.05, 3.63) is 29.3 Å². The molecule has 1 atom stereocenters. The van der Waals surface area contributed by atoms with Crippen molar-refractivity contribution in [3.8, 4) is 0 Å². The molecule has 1 aromatic carbocycles. The van der Waals surface area contributed by atoms with Gasteiger partial charge in [-0.1, -0.05) is 19.9 Å². The van der Waals surface area contributed by atoms with Gasteiger partial charge in [-0.05, 0) is 50.3 Å². The molecule has 0 aliphatic heterocycles. The van der Waals surface area contributed by atoms with Crippen LogP contribution in [0.4, 0.5) is 0 Å². The molecular formula is C18H30ClN3O3S. The second-order valence-corrected chi connectivity index (χ2v) is 8.85. The number of nitrogens with zero attached hydrogens (tertiary/aromatic N) is 1. The maximum atomic E-state index is 12.8. The lowest BCUT2D eigenvalue weighted by Crippen LogP contribution is -2.53. The molecule has 0 aromatic heterocycles. The highest BCUT2D eigenvalue weighted by molar-refractivity contribution is 7.89. The van der Waals surface area contributed by atoms with E-state index in [2.05, 4.69) is 5.32 Å². The average Bonchev–Trinajstić information content (AvgIpc) is 3.41. The van der Waals surface area contributed by atoms with E-state index in [0.717, 1.165) is 18.4 Å². The maximum Gasteiger partial charge on any atom is 0.252 e. The Hall–Kier alpha value is -1.15. The van der Waals surface area contributed by atoms with Gasteiger partial charge < -0.3 is 11.1 Å². The van der Waals surface area contributed by atoms with E-state index < -0.39 is 15.6 Å². The van der Waals surface area contributed by atoms with Crippen molar-refractivity contribution in [3.63, 3.8) is 0 Å². The number of benzene rings is 1. The molecule has 0 heterocycles. The van der Waals surface area contributed by atoms with Crippen molar-refractivity contribution in [2.24, 2.45) is 11.7 Å². The molecule has 26 heavy (non-hydrogen) atoms. The van der Waals surface area contributed by atoms with Gasteiger partial charge in [-0.25, -0.2) is 8.42 Å². The monoisotopic (exact) mass is 403 g/mol. The van der Waals surface area contributed by atoms with Crippen LogP contribution in [0, 0.1) is 12.8 Å². The summed E-state index contributed by atoms with van der Waals surface area (Å²) < 4.78 is 26.8. The number of carbonyl (C=O) groups is 1. The van der Waals surface area contributed by atoms with E-state index in [1.807, 2.05) is 6.92 Å². The summed E-state index contributed by atoms with van der Waals surface area (Å²) in [6.45, 7) is 8.49. The fraction of sp³-hybridized carbons (Fsp3) is 0.611. The summed E-state index contributed by atoms with van der Waals surface area (Å²) in [4.78, 5) is 12.9. The van der Waals surface area contributed by atoms with Gasteiger partial charge in [0.15, 0.2) is 0 Å². The molecule has 0 saturated heterocycles. The highest BCUT2D eigenvalue weighted by Crippen LogP contribution is 2.39. The zero-order valence-electron chi connectivity index (χ0n) is 15.9. The van der Waals surface area contributed by atoms with Crippen LogP contribution in [0.3, 0.4) is 0 Å². The number of aryl methyl sites for hydroxylation is 1. The minimum Gasteiger partial charge on any atom is -0.345 e. The quantitative estimate of drug-likeness (QED) is 0.696. The van der Waals surface area contributed by atoms with Gasteiger partial charge in [-0.15, -0.1) is 12.4 Å². The Bertz CT molecular complexity index is 746. The summed E-state index contributed by atoms with van der Waals surface area (Å²) in [7, 11) is -3.60. The van der Waals surface area contributed by atoms with Crippen molar-refractivity contribution in [2.75, 3.05) is 19.6 Å². The van der Waals surface area contributed by atoms with Gasteiger partial charge in [-0.3, -0.25) is 4.79 Å². The molecule has 1 fully saturated rings. The molecule has 0 radical (unpaired) electrons. The number of hydrogen-bond acceptors (Lipinski definition) is 4. The van der Waals surface area contributed by atoms with Gasteiger partial charge >= 0.3 is 0 Å². The van der Waals surface area contributed by atoms with E-state index in [-0.39, 0.29) is 23.2 Å². The number of nitrogens with one attached hydrogen (secondary N) is 1. The Morgan fingerprint density at radius 3 is 2.35 bits per heavy atom. The Morgan fingerprint density at radius 1 is 1.31 bits per heavy atom. The van der Waals surface area contributed by atoms with Crippen LogP contribution in [-0.4, -0.2) is 43.8 Å². The van der Waals surface area contributed by atoms with Gasteiger partial charge in [0.25, 0.3) is 5.91 Å². The summed E-state index contributed by atoms with van der Waals surface area (Å²) in [6.07, 6.45) is 2.12. The molecule has 148 valence electrons. The number of rotatable bonds is 8. The van der Waals surface area contributed by atoms with Crippen LogP contribution in [-0.2, 0) is 10.0 Å². The summed E-state index contributed by atoms with van der Waals surface area (Å²) in [5.41, 5.74) is 6.55. The van der Waals surface area contributed by atoms with E-state index in [0.29, 0.717) is 31.1 Å².